The Morgan fingerprint density at radius 2 is 1.79 bits per heavy atom. The third-order valence-corrected chi connectivity index (χ3v) is 1.12. The minimum absolute atomic E-state index is 0. The van der Waals surface area contributed by atoms with Crippen LogP contribution in [0.5, 0.6) is 0 Å². The smallest absolute Gasteiger partial charge is 0.412 e. The molecule has 0 aromatic carbocycles. The molecule has 0 bridgehead atoms. The summed E-state index contributed by atoms with van der Waals surface area (Å²) in [7, 11) is 0. The normalized spacial score (nSPS) is 8.29. The van der Waals surface area contributed by atoms with E-state index in [1.807, 2.05) is 5.10 Å². The van der Waals surface area contributed by atoms with Gasteiger partial charge in [-0.25, -0.2) is 0 Å². The first-order valence-electron chi connectivity index (χ1n) is 2.66. The van der Waals surface area contributed by atoms with Crippen LogP contribution in [-0.4, -0.2) is 25.5 Å². The molecule has 1 heterocycles. The number of nitrogens with zero attached hydrogens (tertiary/aromatic N) is 3. The molecule has 0 saturated heterocycles. The topological polar surface area (TPSA) is 207 Å². The van der Waals surface area contributed by atoms with Crippen molar-refractivity contribution in [3.63, 3.8) is 0 Å². The van der Waals surface area contributed by atoms with Gasteiger partial charge in [-0.2, -0.15) is 0 Å². The summed E-state index contributed by atoms with van der Waals surface area (Å²) in [6.45, 7) is 0. The van der Waals surface area contributed by atoms with Gasteiger partial charge in [0.25, 0.3) is 0 Å². The Hall–Kier alpha value is -2.27. The molecule has 1 aromatic heterocycles. The Balaban J connectivity index is 0. The number of nitrogens with one attached hydrogen (secondary N) is 1. The Morgan fingerprint density at radius 1 is 1.29 bits per heavy atom. The van der Waals surface area contributed by atoms with E-state index in [-0.39, 0.29) is 11.6 Å². The van der Waals surface area contributed by atoms with Crippen LogP contribution < -0.4 is 11.9 Å². The van der Waals surface area contributed by atoms with Gasteiger partial charge in [-0.15, -0.1) is 0 Å². The first-order chi connectivity index (χ1) is 5.54. The molecule has 1 aromatic rings. The Labute approximate surface area is 76.1 Å². The number of H-pyrrole nitrogens is 1. The van der Waals surface area contributed by atoms with E-state index in [4.69, 9.17) is 5.73 Å². The molecule has 0 atom stereocenters. The Kier molecular flexibility index (Phi) is 4.77. The van der Waals surface area contributed by atoms with Crippen molar-refractivity contribution in [3.8, 4) is 0 Å². The predicted molar refractivity (Wildman–Crippen MR) is 44.9 cm³/mol. The van der Waals surface area contributed by atoms with Gasteiger partial charge in [-0.1, -0.05) is 0 Å². The molecular weight excluding hydrogens is 200 g/mol. The summed E-state index contributed by atoms with van der Waals surface area (Å²) in [5, 5.41) is 25.1. The summed E-state index contributed by atoms with van der Waals surface area (Å²) >= 11 is 0. The molecule has 80 valence electrons. The highest BCUT2D eigenvalue weighted by molar-refractivity contribution is 5.64. The molecule has 8 N–H and O–H groups in total. The first kappa shape index (κ1) is 14.3. The molecule has 11 nitrogen and oxygen atoms in total. The fourth-order valence-corrected chi connectivity index (χ4v) is 0.611. The number of aromatic nitrogens is 2. The number of anilines is 1. The first-order valence-corrected chi connectivity index (χ1v) is 2.66. The lowest BCUT2D eigenvalue weighted by atomic mass is 10.5. The summed E-state index contributed by atoms with van der Waals surface area (Å²) in [6, 6.07) is 0. The van der Waals surface area contributed by atoms with Crippen LogP contribution in [0.1, 0.15) is 0 Å². The van der Waals surface area contributed by atoms with Crippen molar-refractivity contribution >= 4 is 17.3 Å². The van der Waals surface area contributed by atoms with Crippen LogP contribution in [0.15, 0.2) is 0 Å². The molecule has 0 radical (unpaired) electrons. The quantitative estimate of drug-likeness (QED) is 0.413. The second-order valence-electron chi connectivity index (χ2n) is 1.82. The van der Waals surface area contributed by atoms with Gasteiger partial charge in [0.05, 0.1) is 0 Å². The predicted octanol–water partition coefficient (Wildman–Crippen LogP) is -0.854. The van der Waals surface area contributed by atoms with Gasteiger partial charge in [-0.3, -0.25) is 0 Å². The molecule has 11 heteroatoms. The average molecular weight is 208 g/mol. The summed E-state index contributed by atoms with van der Waals surface area (Å²) in [5.74, 6) is -1.40. The minimum Gasteiger partial charge on any atom is -0.412 e. The third kappa shape index (κ3) is 2.11. The maximum atomic E-state index is 10.1. The van der Waals surface area contributed by atoms with Gasteiger partial charge in [0.15, 0.2) is 0 Å². The summed E-state index contributed by atoms with van der Waals surface area (Å²) in [4.78, 5) is 18.4. The van der Waals surface area contributed by atoms with Crippen molar-refractivity contribution in [2.45, 2.75) is 0 Å². The Bertz CT molecular complexity index is 314. The maximum absolute atomic E-state index is 10.1. The number of nitrogen functional groups attached to an aromatic ring is 1. The van der Waals surface area contributed by atoms with Crippen LogP contribution in [0, 0.1) is 20.2 Å². The molecule has 0 spiro atoms. The van der Waals surface area contributed by atoms with E-state index in [0.717, 1.165) is 0 Å². The molecule has 1 rings (SSSR count). The largest absolute Gasteiger partial charge is 0.443 e. The average Bonchev–Trinajstić information content (AvgIpc) is 2.30. The van der Waals surface area contributed by atoms with E-state index in [1.165, 1.54) is 0 Å². The fraction of sp³-hybridized carbons (Fsp3) is 0. The highest BCUT2D eigenvalue weighted by atomic mass is 16.6. The van der Waals surface area contributed by atoms with E-state index in [2.05, 4.69) is 5.10 Å². The van der Waals surface area contributed by atoms with Crippen molar-refractivity contribution in [2.75, 3.05) is 5.73 Å². The van der Waals surface area contributed by atoms with Crippen molar-refractivity contribution in [2.24, 2.45) is 0 Å². The second-order valence-corrected chi connectivity index (χ2v) is 1.82. The molecule has 0 unspecified atom stereocenters. The molecule has 0 saturated carbocycles. The zero-order chi connectivity index (χ0) is 9.30. The van der Waals surface area contributed by atoms with Crippen LogP contribution in [0.4, 0.5) is 17.3 Å². The van der Waals surface area contributed by atoms with Crippen molar-refractivity contribution < 1.29 is 15.3 Å². The van der Waals surface area contributed by atoms with Crippen LogP contribution in [0.25, 0.3) is 0 Å². The number of hydrogen-bond donors (Lipinski definition) is 3. The lowest BCUT2D eigenvalue weighted by molar-refractivity contribution is -0.392. The number of rotatable bonds is 2. The van der Waals surface area contributed by atoms with Gasteiger partial charge >= 0.3 is 11.6 Å². The molecule has 0 amide bonds. The van der Waals surface area contributed by atoms with Gasteiger partial charge in [0.2, 0.25) is 5.69 Å². The summed E-state index contributed by atoms with van der Waals surface area (Å²) in [6.07, 6.45) is 0. The maximum Gasteiger partial charge on any atom is 0.443 e. The molecular formula is C3H8N6O5. The van der Waals surface area contributed by atoms with Gasteiger partial charge < -0.3 is 37.6 Å². The van der Waals surface area contributed by atoms with E-state index in [9.17, 15) is 20.2 Å². The van der Waals surface area contributed by atoms with Crippen LogP contribution >= 0.6 is 0 Å². The molecule has 0 aliphatic rings. The van der Waals surface area contributed by atoms with E-state index in [1.54, 1.807) is 0 Å². The van der Waals surface area contributed by atoms with E-state index >= 15 is 0 Å². The van der Waals surface area contributed by atoms with Crippen molar-refractivity contribution in [1.82, 2.24) is 16.3 Å². The third-order valence-electron chi connectivity index (χ3n) is 1.12. The Morgan fingerprint density at radius 3 is 2.00 bits per heavy atom. The van der Waals surface area contributed by atoms with E-state index < -0.39 is 27.2 Å². The van der Waals surface area contributed by atoms with E-state index in [0.29, 0.717) is 0 Å². The SMILES string of the molecule is N.Nc1c([N+](=O)[O-])n[nH]c1[N+](=O)[O-].O. The van der Waals surface area contributed by atoms with Gasteiger partial charge in [0, 0.05) is 0 Å². The van der Waals surface area contributed by atoms with Crippen LogP contribution in [0.2, 0.25) is 0 Å². The highest BCUT2D eigenvalue weighted by Gasteiger charge is 2.28. The number of aromatic amines is 1. The standard InChI is InChI=1S/C3H3N5O4.H3N.H2O/c4-1-2(7(9)10)5-6-3(1)8(11)12;;/h4H2,(H,5,6);1H3;1H2. The fourth-order valence-electron chi connectivity index (χ4n) is 0.611. The zero-order valence-electron chi connectivity index (χ0n) is 6.76. The lowest BCUT2D eigenvalue weighted by Gasteiger charge is -1.88. The minimum atomic E-state index is -0.904. The molecule has 0 aliphatic heterocycles. The van der Waals surface area contributed by atoms with Crippen molar-refractivity contribution in [1.29, 1.82) is 0 Å². The second kappa shape index (κ2) is 4.68. The van der Waals surface area contributed by atoms with Gasteiger partial charge in [0.1, 0.15) is 5.10 Å². The van der Waals surface area contributed by atoms with Crippen molar-refractivity contribution in [3.05, 3.63) is 20.2 Å². The summed E-state index contributed by atoms with van der Waals surface area (Å²) in [5.41, 5.74) is 4.46. The van der Waals surface area contributed by atoms with Gasteiger partial charge in [-0.05, 0) is 14.9 Å². The number of hydrogen-bond acceptors (Lipinski definition) is 7. The summed E-state index contributed by atoms with van der Waals surface area (Å²) < 4.78 is 0. The zero-order valence-corrected chi connectivity index (χ0v) is 6.76. The monoisotopic (exact) mass is 208 g/mol. The highest BCUT2D eigenvalue weighted by Crippen LogP contribution is 2.26. The lowest BCUT2D eigenvalue weighted by Crippen LogP contribution is -1.96. The van der Waals surface area contributed by atoms with Crippen LogP contribution in [-0.2, 0) is 0 Å². The number of nitro groups is 2. The van der Waals surface area contributed by atoms with Crippen LogP contribution in [0.3, 0.4) is 0 Å². The molecule has 0 fully saturated rings. The molecule has 14 heavy (non-hydrogen) atoms. The molecule has 0 aliphatic carbocycles. The number of nitrogens with two attached hydrogens (primary N) is 1.